The van der Waals surface area contributed by atoms with Crippen LogP contribution >= 0.6 is 12.2 Å². The van der Waals surface area contributed by atoms with Crippen LogP contribution in [0.4, 0.5) is 0 Å². The van der Waals surface area contributed by atoms with Crippen molar-refractivity contribution in [1.29, 1.82) is 0 Å². The van der Waals surface area contributed by atoms with Gasteiger partial charge in [0.05, 0.1) is 5.49 Å². The van der Waals surface area contributed by atoms with Crippen molar-refractivity contribution in [1.82, 2.24) is 0 Å². The van der Waals surface area contributed by atoms with E-state index in [1.165, 1.54) is 5.49 Å². The molecule has 0 rings (SSSR count). The summed E-state index contributed by atoms with van der Waals surface area (Å²) in [7, 11) is 0. The number of hydrogen-bond acceptors (Lipinski definition) is 1. The highest BCUT2D eigenvalue weighted by Crippen LogP contribution is 1.63. The lowest BCUT2D eigenvalue weighted by atomic mass is 10.5. The molecule has 0 aromatic carbocycles. The molecule has 6 heavy (non-hydrogen) atoms. The van der Waals surface area contributed by atoms with E-state index in [1.54, 1.807) is 6.21 Å². The van der Waals surface area contributed by atoms with E-state index < -0.39 is 0 Å². The Balaban J connectivity index is 2.94. The lowest BCUT2D eigenvalue weighted by molar-refractivity contribution is 1.33. The number of thiocarbonyl (C=S) groups is 1. The maximum absolute atomic E-state index is 4.39. The van der Waals surface area contributed by atoms with Gasteiger partial charge in [-0.05, 0) is 6.42 Å². The lowest BCUT2D eigenvalue weighted by Crippen LogP contribution is -1.63. The Hall–Kier alpha value is -0.240. The zero-order valence-corrected chi connectivity index (χ0v) is 4.53. The molecule has 34 valence electrons. The Morgan fingerprint density at radius 3 is 2.67 bits per heavy atom. The summed E-state index contributed by atoms with van der Waals surface area (Å²) in [6.07, 6.45) is 2.74. The Kier molecular flexibility index (Phi) is 4.57. The summed E-state index contributed by atoms with van der Waals surface area (Å²) in [6.45, 7) is 2.02. The van der Waals surface area contributed by atoms with Gasteiger partial charge in [0.1, 0.15) is 0 Å². The standard InChI is InChI=1S/C4H7NS/c1-2-3-5-4-6/h3-4H,2H2,1H3. The zero-order chi connectivity index (χ0) is 4.83. The van der Waals surface area contributed by atoms with Crippen LogP contribution in [0.3, 0.4) is 0 Å². The fourth-order valence-electron chi connectivity index (χ4n) is 0.148. The minimum absolute atomic E-state index is 0.965. The maximum Gasteiger partial charge on any atom is 0.0893 e. The smallest absolute Gasteiger partial charge is 0.0893 e. The minimum Gasteiger partial charge on any atom is -0.258 e. The van der Waals surface area contributed by atoms with Gasteiger partial charge in [-0.15, -0.1) is 0 Å². The van der Waals surface area contributed by atoms with E-state index in [-0.39, 0.29) is 0 Å². The Labute approximate surface area is 43.1 Å². The molecule has 1 nitrogen and oxygen atoms in total. The molecular weight excluding hydrogens is 94.1 g/mol. The Morgan fingerprint density at radius 1 is 1.83 bits per heavy atom. The molecule has 0 N–H and O–H groups in total. The number of rotatable bonds is 2. The Morgan fingerprint density at radius 2 is 2.50 bits per heavy atom. The summed E-state index contributed by atoms with van der Waals surface area (Å²) in [6, 6.07) is 0. The first-order chi connectivity index (χ1) is 2.91. The molecule has 0 aromatic rings. The van der Waals surface area contributed by atoms with Gasteiger partial charge < -0.3 is 0 Å². The van der Waals surface area contributed by atoms with Gasteiger partial charge in [0.2, 0.25) is 0 Å². The molecule has 0 amide bonds. The highest BCUT2D eigenvalue weighted by atomic mass is 32.1. The summed E-state index contributed by atoms with van der Waals surface area (Å²) in [5.74, 6) is 0. The van der Waals surface area contributed by atoms with Crippen molar-refractivity contribution in [2.24, 2.45) is 4.99 Å². The molecule has 0 aliphatic heterocycles. The van der Waals surface area contributed by atoms with Crippen molar-refractivity contribution in [3.63, 3.8) is 0 Å². The predicted octanol–water partition coefficient (Wildman–Crippen LogP) is 1.42. The molecular formula is C4H7NS. The molecule has 0 aliphatic carbocycles. The van der Waals surface area contributed by atoms with E-state index >= 15 is 0 Å². The number of hydrogen-bond donors (Lipinski definition) is 0. The van der Waals surface area contributed by atoms with Crippen molar-refractivity contribution >= 4 is 23.9 Å². The first-order valence-corrected chi connectivity index (χ1v) is 2.34. The monoisotopic (exact) mass is 101 g/mol. The molecule has 0 fully saturated rings. The van der Waals surface area contributed by atoms with E-state index in [0.717, 1.165) is 6.42 Å². The van der Waals surface area contributed by atoms with E-state index in [4.69, 9.17) is 0 Å². The van der Waals surface area contributed by atoms with Crippen LogP contribution < -0.4 is 0 Å². The van der Waals surface area contributed by atoms with Crippen molar-refractivity contribution in [3.05, 3.63) is 0 Å². The second-order valence-electron chi connectivity index (χ2n) is 0.845. The quantitative estimate of drug-likeness (QED) is 0.378. The van der Waals surface area contributed by atoms with E-state index in [1.807, 2.05) is 6.92 Å². The largest absolute Gasteiger partial charge is 0.258 e. The average molecular weight is 101 g/mol. The third-order valence-corrected chi connectivity index (χ3v) is 0.471. The topological polar surface area (TPSA) is 12.4 Å². The van der Waals surface area contributed by atoms with Crippen LogP contribution in [0.5, 0.6) is 0 Å². The van der Waals surface area contributed by atoms with Gasteiger partial charge >= 0.3 is 0 Å². The summed E-state index contributed by atoms with van der Waals surface area (Å²) in [5.41, 5.74) is 1.36. The van der Waals surface area contributed by atoms with Crippen LogP contribution in [0, 0.1) is 0 Å². The van der Waals surface area contributed by atoms with E-state index in [2.05, 4.69) is 17.2 Å². The fraction of sp³-hybridized carbons (Fsp3) is 0.500. The summed E-state index contributed by atoms with van der Waals surface area (Å²) < 4.78 is 0. The molecule has 0 radical (unpaired) electrons. The maximum atomic E-state index is 4.39. The van der Waals surface area contributed by atoms with Gasteiger partial charge in [-0.25, -0.2) is 0 Å². The molecule has 0 saturated carbocycles. The van der Waals surface area contributed by atoms with Crippen LogP contribution in [-0.4, -0.2) is 11.7 Å². The second kappa shape index (κ2) is 4.76. The van der Waals surface area contributed by atoms with Gasteiger partial charge in [0, 0.05) is 6.21 Å². The predicted molar refractivity (Wildman–Crippen MR) is 32.4 cm³/mol. The fourth-order valence-corrected chi connectivity index (χ4v) is 0.235. The molecule has 0 aliphatic rings. The third kappa shape index (κ3) is 3.76. The second-order valence-corrected chi connectivity index (χ2v) is 1.06. The van der Waals surface area contributed by atoms with Crippen molar-refractivity contribution < 1.29 is 0 Å². The summed E-state index contributed by atoms with van der Waals surface area (Å²) in [4.78, 5) is 3.66. The lowest BCUT2D eigenvalue weighted by Gasteiger charge is -1.67. The molecule has 2 heteroatoms. The van der Waals surface area contributed by atoms with Crippen molar-refractivity contribution in [3.8, 4) is 0 Å². The molecule has 0 saturated heterocycles. The molecule has 0 aromatic heterocycles. The van der Waals surface area contributed by atoms with Gasteiger partial charge in [-0.3, -0.25) is 4.99 Å². The van der Waals surface area contributed by atoms with Gasteiger partial charge in [0.15, 0.2) is 0 Å². The first kappa shape index (κ1) is 5.76. The normalized spacial score (nSPS) is 9.50. The van der Waals surface area contributed by atoms with Crippen LogP contribution in [0.1, 0.15) is 13.3 Å². The highest BCUT2D eigenvalue weighted by molar-refractivity contribution is 7.78. The van der Waals surface area contributed by atoms with Crippen molar-refractivity contribution in [2.45, 2.75) is 13.3 Å². The highest BCUT2D eigenvalue weighted by Gasteiger charge is 1.56. The van der Waals surface area contributed by atoms with Crippen LogP contribution in [0.15, 0.2) is 4.99 Å². The zero-order valence-electron chi connectivity index (χ0n) is 3.72. The molecule has 0 heterocycles. The first-order valence-electron chi connectivity index (χ1n) is 1.87. The Bertz CT molecular complexity index is 58.6. The average Bonchev–Trinajstić information content (AvgIpc) is 1.61. The molecule has 0 spiro atoms. The summed E-state index contributed by atoms with van der Waals surface area (Å²) in [5, 5.41) is 0. The van der Waals surface area contributed by atoms with Crippen LogP contribution in [0.2, 0.25) is 0 Å². The third-order valence-electron chi connectivity index (χ3n) is 0.349. The number of nitrogens with zero attached hydrogens (tertiary/aromatic N) is 1. The van der Waals surface area contributed by atoms with Gasteiger partial charge in [-0.2, -0.15) is 0 Å². The van der Waals surface area contributed by atoms with Gasteiger partial charge in [-0.1, -0.05) is 19.1 Å². The van der Waals surface area contributed by atoms with E-state index in [9.17, 15) is 0 Å². The van der Waals surface area contributed by atoms with Gasteiger partial charge in [0.25, 0.3) is 0 Å². The van der Waals surface area contributed by atoms with E-state index in [0.29, 0.717) is 0 Å². The molecule has 0 atom stereocenters. The SMILES string of the molecule is CCC=NC=S. The summed E-state index contributed by atoms with van der Waals surface area (Å²) >= 11 is 4.39. The van der Waals surface area contributed by atoms with Crippen molar-refractivity contribution in [2.75, 3.05) is 0 Å². The minimum atomic E-state index is 0.965. The number of aliphatic imine (C=N–C) groups is 1. The molecule has 0 unspecified atom stereocenters. The van der Waals surface area contributed by atoms with Crippen LogP contribution in [-0.2, 0) is 0 Å². The van der Waals surface area contributed by atoms with Crippen LogP contribution in [0.25, 0.3) is 0 Å². The molecule has 0 bridgehead atoms.